The molecule has 32 heavy (non-hydrogen) atoms. The summed E-state index contributed by atoms with van der Waals surface area (Å²) in [5.41, 5.74) is 2.53. The first kappa shape index (κ1) is 22.9. The van der Waals surface area contributed by atoms with Gasteiger partial charge in [-0.05, 0) is 48.9 Å². The number of carbonyl (C=O) groups is 1. The second kappa shape index (κ2) is 11.0. The molecule has 2 aliphatic rings. The van der Waals surface area contributed by atoms with Gasteiger partial charge in [-0.15, -0.1) is 0 Å². The van der Waals surface area contributed by atoms with Crippen LogP contribution in [0.4, 0.5) is 5.69 Å². The van der Waals surface area contributed by atoms with Gasteiger partial charge in [-0.3, -0.25) is 14.6 Å². The molecule has 0 saturated carbocycles. The van der Waals surface area contributed by atoms with E-state index in [0.29, 0.717) is 13.2 Å². The summed E-state index contributed by atoms with van der Waals surface area (Å²) in [6.45, 7) is 11.4. The van der Waals surface area contributed by atoms with Gasteiger partial charge in [0.1, 0.15) is 12.4 Å². The molecule has 0 aliphatic carbocycles. The number of amides is 1. The Hall–Kier alpha value is -2.28. The van der Waals surface area contributed by atoms with E-state index in [1.54, 1.807) is 0 Å². The molecule has 2 aromatic carbocycles. The Kier molecular flexibility index (Phi) is 7.90. The van der Waals surface area contributed by atoms with Gasteiger partial charge in [0, 0.05) is 69.6 Å². The number of halogens is 1. The highest BCUT2D eigenvalue weighted by Gasteiger charge is 2.24. The molecule has 2 aliphatic heterocycles. The molecule has 0 N–H and O–H groups in total. The summed E-state index contributed by atoms with van der Waals surface area (Å²) in [6, 6.07) is 16.1. The Balaban J connectivity index is 1.13. The van der Waals surface area contributed by atoms with Crippen molar-refractivity contribution in [3.05, 3.63) is 59.1 Å². The summed E-state index contributed by atoms with van der Waals surface area (Å²) in [4.78, 5) is 21.9. The van der Waals surface area contributed by atoms with Crippen molar-refractivity contribution >= 4 is 23.2 Å². The Labute approximate surface area is 196 Å². The number of benzene rings is 2. The topological polar surface area (TPSA) is 39.3 Å². The predicted octanol–water partition coefficient (Wildman–Crippen LogP) is 2.99. The summed E-state index contributed by atoms with van der Waals surface area (Å²) in [5, 5.41) is 0.719. The van der Waals surface area contributed by atoms with E-state index in [2.05, 4.69) is 45.9 Å². The molecule has 0 radical (unpaired) electrons. The normalized spacial score (nSPS) is 18.1. The van der Waals surface area contributed by atoms with Crippen molar-refractivity contribution < 1.29 is 9.53 Å². The Morgan fingerprint density at radius 1 is 0.906 bits per heavy atom. The Morgan fingerprint density at radius 3 is 2.28 bits per heavy atom. The number of carbonyl (C=O) groups excluding carboxylic acids is 1. The fraction of sp³-hybridized carbons (Fsp3) is 0.480. The molecule has 2 heterocycles. The molecule has 0 unspecified atom stereocenters. The van der Waals surface area contributed by atoms with Crippen molar-refractivity contribution in [2.24, 2.45) is 0 Å². The van der Waals surface area contributed by atoms with Crippen LogP contribution in [0.25, 0.3) is 0 Å². The summed E-state index contributed by atoms with van der Waals surface area (Å²) in [5.74, 6) is 1.11. The van der Waals surface area contributed by atoms with Gasteiger partial charge in [-0.2, -0.15) is 0 Å². The van der Waals surface area contributed by atoms with Gasteiger partial charge in [0.25, 0.3) is 0 Å². The molecule has 4 rings (SSSR count). The number of ether oxygens (including phenoxy) is 1. The van der Waals surface area contributed by atoms with Crippen LogP contribution in [-0.2, 0) is 4.79 Å². The smallest absolute Gasteiger partial charge is 0.236 e. The molecule has 0 bridgehead atoms. The van der Waals surface area contributed by atoms with Crippen molar-refractivity contribution in [1.29, 1.82) is 0 Å². The highest BCUT2D eigenvalue weighted by molar-refractivity contribution is 6.30. The van der Waals surface area contributed by atoms with E-state index in [1.165, 1.54) is 11.3 Å². The number of piperazine rings is 2. The molecule has 2 aromatic rings. The minimum absolute atomic E-state index is 0.258. The molecule has 7 heteroatoms. The van der Waals surface area contributed by atoms with E-state index >= 15 is 0 Å². The van der Waals surface area contributed by atoms with E-state index in [1.807, 2.05) is 29.2 Å². The summed E-state index contributed by atoms with van der Waals surface area (Å²) < 4.78 is 5.80. The number of aryl methyl sites for hydroxylation is 1. The fourth-order valence-electron chi connectivity index (χ4n) is 4.32. The highest BCUT2D eigenvalue weighted by Crippen LogP contribution is 2.18. The molecule has 6 nitrogen and oxygen atoms in total. The first-order valence-electron chi connectivity index (χ1n) is 11.5. The number of nitrogens with zero attached hydrogens (tertiary/aromatic N) is 4. The van der Waals surface area contributed by atoms with Gasteiger partial charge in [0.15, 0.2) is 0 Å². The minimum Gasteiger partial charge on any atom is -0.492 e. The Bertz CT molecular complexity index is 876. The zero-order valence-electron chi connectivity index (χ0n) is 18.9. The van der Waals surface area contributed by atoms with Crippen LogP contribution in [0.1, 0.15) is 5.56 Å². The highest BCUT2D eigenvalue weighted by atomic mass is 35.5. The van der Waals surface area contributed by atoms with Gasteiger partial charge >= 0.3 is 0 Å². The van der Waals surface area contributed by atoms with Gasteiger partial charge in [-0.25, -0.2) is 0 Å². The van der Waals surface area contributed by atoms with Gasteiger partial charge in [0.05, 0.1) is 6.54 Å². The summed E-state index contributed by atoms with van der Waals surface area (Å²) >= 11 is 5.91. The predicted molar refractivity (Wildman–Crippen MR) is 130 cm³/mol. The number of rotatable bonds is 7. The molecule has 172 valence electrons. The molecule has 2 saturated heterocycles. The molecule has 1 amide bonds. The molecule has 0 spiro atoms. The molecule has 2 fully saturated rings. The first-order chi connectivity index (χ1) is 15.6. The van der Waals surface area contributed by atoms with Crippen LogP contribution in [0.15, 0.2) is 48.5 Å². The zero-order valence-corrected chi connectivity index (χ0v) is 19.6. The van der Waals surface area contributed by atoms with Crippen LogP contribution in [0.5, 0.6) is 5.75 Å². The molecule has 0 aromatic heterocycles. The van der Waals surface area contributed by atoms with E-state index < -0.39 is 0 Å². The van der Waals surface area contributed by atoms with E-state index in [0.717, 1.165) is 69.7 Å². The molecular formula is C25H33ClN4O2. The lowest BCUT2D eigenvalue weighted by Gasteiger charge is -2.38. The first-order valence-corrected chi connectivity index (χ1v) is 11.9. The van der Waals surface area contributed by atoms with Gasteiger partial charge in [-0.1, -0.05) is 23.7 Å². The SMILES string of the molecule is Cc1cccc(N2CCN(C(=O)CN3CCN(CCOc4ccc(Cl)cc4)CC3)CC2)c1. The average Bonchev–Trinajstić information content (AvgIpc) is 2.81. The third kappa shape index (κ3) is 6.37. The second-order valence-electron chi connectivity index (χ2n) is 8.63. The Morgan fingerprint density at radius 2 is 1.59 bits per heavy atom. The third-order valence-corrected chi connectivity index (χ3v) is 6.56. The third-order valence-electron chi connectivity index (χ3n) is 6.31. The van der Waals surface area contributed by atoms with Crippen LogP contribution in [0, 0.1) is 6.92 Å². The van der Waals surface area contributed by atoms with Crippen molar-refractivity contribution in [3.63, 3.8) is 0 Å². The monoisotopic (exact) mass is 456 g/mol. The van der Waals surface area contributed by atoms with Crippen LogP contribution in [0.2, 0.25) is 5.02 Å². The van der Waals surface area contributed by atoms with Crippen LogP contribution in [0.3, 0.4) is 0 Å². The van der Waals surface area contributed by atoms with Crippen LogP contribution in [-0.4, -0.2) is 92.7 Å². The van der Waals surface area contributed by atoms with Crippen molar-refractivity contribution in [2.75, 3.05) is 77.0 Å². The lowest BCUT2D eigenvalue weighted by atomic mass is 10.2. The number of hydrogen-bond acceptors (Lipinski definition) is 5. The van der Waals surface area contributed by atoms with Gasteiger partial charge in [0.2, 0.25) is 5.91 Å². The van der Waals surface area contributed by atoms with Crippen molar-refractivity contribution in [3.8, 4) is 5.75 Å². The lowest BCUT2D eigenvalue weighted by Crippen LogP contribution is -2.54. The maximum Gasteiger partial charge on any atom is 0.236 e. The second-order valence-corrected chi connectivity index (χ2v) is 9.06. The standard InChI is InChI=1S/C25H33ClN4O2/c1-21-3-2-4-23(19-21)29-13-15-30(16-14-29)25(31)20-28-11-9-27(10-12-28)17-18-32-24-7-5-22(26)6-8-24/h2-8,19H,9-18,20H2,1H3. The van der Waals surface area contributed by atoms with E-state index in [-0.39, 0.29) is 5.91 Å². The number of hydrogen-bond donors (Lipinski definition) is 0. The average molecular weight is 457 g/mol. The summed E-state index contributed by atoms with van der Waals surface area (Å²) in [6.07, 6.45) is 0. The van der Waals surface area contributed by atoms with Crippen molar-refractivity contribution in [2.45, 2.75) is 6.92 Å². The molecular weight excluding hydrogens is 424 g/mol. The maximum absolute atomic E-state index is 12.8. The van der Waals surface area contributed by atoms with Crippen molar-refractivity contribution in [1.82, 2.24) is 14.7 Å². The molecule has 0 atom stereocenters. The maximum atomic E-state index is 12.8. The van der Waals surface area contributed by atoms with E-state index in [4.69, 9.17) is 16.3 Å². The largest absolute Gasteiger partial charge is 0.492 e. The van der Waals surface area contributed by atoms with Crippen LogP contribution >= 0.6 is 11.6 Å². The van der Waals surface area contributed by atoms with E-state index in [9.17, 15) is 4.79 Å². The number of anilines is 1. The minimum atomic E-state index is 0.258. The summed E-state index contributed by atoms with van der Waals surface area (Å²) in [7, 11) is 0. The lowest BCUT2D eigenvalue weighted by molar-refractivity contribution is -0.133. The fourth-order valence-corrected chi connectivity index (χ4v) is 4.45. The van der Waals surface area contributed by atoms with Gasteiger partial charge < -0.3 is 14.5 Å². The quantitative estimate of drug-likeness (QED) is 0.640. The zero-order chi connectivity index (χ0) is 22.3. The van der Waals surface area contributed by atoms with Crippen LogP contribution < -0.4 is 9.64 Å².